The van der Waals surface area contributed by atoms with Crippen molar-refractivity contribution in [3.63, 3.8) is 0 Å². The predicted molar refractivity (Wildman–Crippen MR) is 44.1 cm³/mol. The summed E-state index contributed by atoms with van der Waals surface area (Å²) in [7, 11) is 0. The summed E-state index contributed by atoms with van der Waals surface area (Å²) in [5.74, 6) is -2.17. The molecule has 1 aliphatic heterocycles. The second-order valence-corrected chi connectivity index (χ2v) is 2.90. The number of carbonyl (C=O) groups is 2. The lowest BCUT2D eigenvalue weighted by Gasteiger charge is -2.00. The van der Waals surface area contributed by atoms with Crippen molar-refractivity contribution in [3.8, 4) is 0 Å². The van der Waals surface area contributed by atoms with Crippen molar-refractivity contribution in [1.82, 2.24) is 0 Å². The monoisotopic (exact) mass is 179 g/mol. The number of rotatable bonds is 0. The van der Waals surface area contributed by atoms with Crippen LogP contribution in [0.2, 0.25) is 0 Å². The number of anilines is 1. The summed E-state index contributed by atoms with van der Waals surface area (Å²) < 4.78 is 13.3. The Morgan fingerprint density at radius 2 is 2.00 bits per heavy atom. The van der Waals surface area contributed by atoms with E-state index in [2.05, 4.69) is 5.32 Å². The molecule has 0 atom stereocenters. The van der Waals surface area contributed by atoms with Gasteiger partial charge in [-0.2, -0.15) is 0 Å². The molecular formula is C9H6FNO2. The third-order valence-corrected chi connectivity index (χ3v) is 2.02. The molecule has 1 aromatic carbocycles. The van der Waals surface area contributed by atoms with Crippen molar-refractivity contribution in [2.45, 2.75) is 6.92 Å². The molecule has 0 fully saturated rings. The molecule has 1 heterocycles. The minimum atomic E-state index is -0.795. The fourth-order valence-electron chi connectivity index (χ4n) is 1.30. The highest BCUT2D eigenvalue weighted by Gasteiger charge is 2.31. The lowest BCUT2D eigenvalue weighted by Crippen LogP contribution is -2.13. The standard InChI is InChI=1S/C9H6FNO2/c1-4-2-3-5-6(7(4)10)8(12)9(13)11-5/h2-3H,1H3,(H,11,12,13). The molecular weight excluding hydrogens is 173 g/mol. The van der Waals surface area contributed by atoms with Gasteiger partial charge in [0.2, 0.25) is 0 Å². The van der Waals surface area contributed by atoms with Gasteiger partial charge in [0, 0.05) is 0 Å². The van der Waals surface area contributed by atoms with Gasteiger partial charge in [-0.3, -0.25) is 9.59 Å². The maximum atomic E-state index is 13.3. The number of aryl methyl sites for hydroxylation is 1. The van der Waals surface area contributed by atoms with Gasteiger partial charge in [-0.25, -0.2) is 4.39 Å². The van der Waals surface area contributed by atoms with Gasteiger partial charge in [-0.05, 0) is 18.6 Å². The summed E-state index contributed by atoms with van der Waals surface area (Å²) >= 11 is 0. The van der Waals surface area contributed by atoms with Crippen LogP contribution in [0, 0.1) is 12.7 Å². The summed E-state index contributed by atoms with van der Waals surface area (Å²) in [6, 6.07) is 3.05. The Morgan fingerprint density at radius 1 is 1.31 bits per heavy atom. The Balaban J connectivity index is 2.73. The van der Waals surface area contributed by atoms with E-state index < -0.39 is 17.5 Å². The van der Waals surface area contributed by atoms with Gasteiger partial charge in [-0.15, -0.1) is 0 Å². The van der Waals surface area contributed by atoms with E-state index in [4.69, 9.17) is 0 Å². The molecule has 1 amide bonds. The Bertz CT molecular complexity index is 426. The molecule has 0 aromatic heterocycles. The molecule has 0 saturated carbocycles. The highest BCUT2D eigenvalue weighted by atomic mass is 19.1. The van der Waals surface area contributed by atoms with Crippen molar-refractivity contribution in [1.29, 1.82) is 0 Å². The molecule has 1 N–H and O–H groups in total. The first-order valence-corrected chi connectivity index (χ1v) is 3.76. The van der Waals surface area contributed by atoms with Crippen LogP contribution in [-0.4, -0.2) is 11.7 Å². The third-order valence-electron chi connectivity index (χ3n) is 2.02. The predicted octanol–water partition coefficient (Wildman–Crippen LogP) is 1.27. The maximum Gasteiger partial charge on any atom is 0.296 e. The van der Waals surface area contributed by atoms with E-state index in [-0.39, 0.29) is 11.3 Å². The van der Waals surface area contributed by atoms with Crippen molar-refractivity contribution in [2.24, 2.45) is 0 Å². The van der Waals surface area contributed by atoms with Crippen molar-refractivity contribution in [2.75, 3.05) is 5.32 Å². The van der Waals surface area contributed by atoms with Crippen LogP contribution >= 0.6 is 0 Å². The molecule has 2 rings (SSSR count). The number of nitrogens with one attached hydrogen (secondary N) is 1. The van der Waals surface area contributed by atoms with Gasteiger partial charge in [0.25, 0.3) is 11.7 Å². The SMILES string of the molecule is Cc1ccc2c(c1F)C(=O)C(=O)N2. The van der Waals surface area contributed by atoms with E-state index in [0.717, 1.165) is 0 Å². The van der Waals surface area contributed by atoms with Crippen LogP contribution in [0.15, 0.2) is 12.1 Å². The third kappa shape index (κ3) is 0.950. The number of halogens is 1. The van der Waals surface area contributed by atoms with Crippen LogP contribution in [-0.2, 0) is 4.79 Å². The second-order valence-electron chi connectivity index (χ2n) is 2.90. The summed E-state index contributed by atoms with van der Waals surface area (Å²) in [4.78, 5) is 22.0. The van der Waals surface area contributed by atoms with E-state index in [1.165, 1.54) is 12.1 Å². The molecule has 66 valence electrons. The van der Waals surface area contributed by atoms with E-state index in [9.17, 15) is 14.0 Å². The van der Waals surface area contributed by atoms with E-state index in [1.807, 2.05) is 0 Å². The lowest BCUT2D eigenvalue weighted by molar-refractivity contribution is -0.112. The molecule has 0 radical (unpaired) electrons. The molecule has 1 aliphatic rings. The average molecular weight is 179 g/mol. The fourth-order valence-corrected chi connectivity index (χ4v) is 1.30. The van der Waals surface area contributed by atoms with Crippen molar-refractivity contribution >= 4 is 17.4 Å². The highest BCUT2D eigenvalue weighted by Crippen LogP contribution is 2.27. The maximum absolute atomic E-state index is 13.3. The molecule has 13 heavy (non-hydrogen) atoms. The zero-order chi connectivity index (χ0) is 9.59. The minimum absolute atomic E-state index is 0.134. The number of Topliss-reactive ketones (excluding diaryl/α,β-unsaturated/α-hetero) is 1. The van der Waals surface area contributed by atoms with Gasteiger partial charge in [0.1, 0.15) is 5.82 Å². The van der Waals surface area contributed by atoms with Gasteiger partial charge >= 0.3 is 0 Å². The molecule has 0 spiro atoms. The normalized spacial score (nSPS) is 14.3. The first kappa shape index (κ1) is 7.91. The fraction of sp³-hybridized carbons (Fsp3) is 0.111. The van der Waals surface area contributed by atoms with E-state index >= 15 is 0 Å². The molecule has 0 aliphatic carbocycles. The summed E-state index contributed by atoms with van der Waals surface area (Å²) in [6.07, 6.45) is 0. The van der Waals surface area contributed by atoms with Gasteiger partial charge in [0.05, 0.1) is 11.3 Å². The van der Waals surface area contributed by atoms with Gasteiger partial charge in [-0.1, -0.05) is 6.07 Å². The Labute approximate surface area is 73.6 Å². The number of fused-ring (bicyclic) bond motifs is 1. The van der Waals surface area contributed by atoms with Crippen LogP contribution in [0.4, 0.5) is 10.1 Å². The number of hydrogen-bond acceptors (Lipinski definition) is 2. The molecule has 0 bridgehead atoms. The largest absolute Gasteiger partial charge is 0.318 e. The molecule has 0 unspecified atom stereocenters. The van der Waals surface area contributed by atoms with Crippen LogP contribution < -0.4 is 5.32 Å². The van der Waals surface area contributed by atoms with Gasteiger partial charge < -0.3 is 5.32 Å². The molecule has 4 heteroatoms. The van der Waals surface area contributed by atoms with Crippen LogP contribution in [0.25, 0.3) is 0 Å². The lowest BCUT2D eigenvalue weighted by atomic mass is 10.1. The zero-order valence-corrected chi connectivity index (χ0v) is 6.85. The molecule has 3 nitrogen and oxygen atoms in total. The molecule has 1 aromatic rings. The van der Waals surface area contributed by atoms with Crippen LogP contribution in [0.5, 0.6) is 0 Å². The summed E-state index contributed by atoms with van der Waals surface area (Å²) in [5, 5.41) is 2.29. The zero-order valence-electron chi connectivity index (χ0n) is 6.85. The number of amides is 1. The highest BCUT2D eigenvalue weighted by molar-refractivity contribution is 6.51. The number of carbonyl (C=O) groups excluding carboxylic acids is 2. The van der Waals surface area contributed by atoms with E-state index in [0.29, 0.717) is 5.56 Å². The Hall–Kier alpha value is -1.71. The second kappa shape index (κ2) is 2.39. The van der Waals surface area contributed by atoms with Crippen molar-refractivity contribution in [3.05, 3.63) is 29.1 Å². The minimum Gasteiger partial charge on any atom is -0.318 e. The first-order valence-electron chi connectivity index (χ1n) is 3.76. The summed E-state index contributed by atoms with van der Waals surface area (Å²) in [6.45, 7) is 1.55. The number of benzene rings is 1. The average Bonchev–Trinajstić information content (AvgIpc) is 2.37. The van der Waals surface area contributed by atoms with Crippen LogP contribution in [0.3, 0.4) is 0 Å². The topological polar surface area (TPSA) is 46.2 Å². The molecule has 0 saturated heterocycles. The van der Waals surface area contributed by atoms with E-state index in [1.54, 1.807) is 6.92 Å². The van der Waals surface area contributed by atoms with Gasteiger partial charge in [0.15, 0.2) is 0 Å². The quantitative estimate of drug-likeness (QED) is 0.609. The number of hydrogen-bond donors (Lipinski definition) is 1. The number of ketones is 1. The Kier molecular flexibility index (Phi) is 1.45. The van der Waals surface area contributed by atoms with Crippen molar-refractivity contribution < 1.29 is 14.0 Å². The Morgan fingerprint density at radius 3 is 2.69 bits per heavy atom. The summed E-state index contributed by atoms with van der Waals surface area (Å²) in [5.41, 5.74) is 0.492. The van der Waals surface area contributed by atoms with Crippen LogP contribution in [0.1, 0.15) is 15.9 Å². The smallest absolute Gasteiger partial charge is 0.296 e. The first-order chi connectivity index (χ1) is 6.11.